The third-order valence-electron chi connectivity index (χ3n) is 2.15. The maximum atomic E-state index is 11.2. The monoisotopic (exact) mass is 243 g/mol. The quantitative estimate of drug-likeness (QED) is 0.688. The molecule has 2 bridgehead atoms. The molecule has 0 aromatic carbocycles. The molecule has 0 saturated carbocycles. The van der Waals surface area contributed by atoms with Crippen LogP contribution in [0.25, 0.3) is 0 Å². The summed E-state index contributed by atoms with van der Waals surface area (Å²) in [6.07, 6.45) is 4.23. The molecule has 0 saturated heterocycles. The maximum absolute atomic E-state index is 11.2. The zero-order valence-corrected chi connectivity index (χ0v) is 8.92. The summed E-state index contributed by atoms with van der Waals surface area (Å²) in [5.74, 6) is 0. The van der Waals surface area contributed by atoms with E-state index in [0.717, 1.165) is 9.21 Å². The van der Waals surface area contributed by atoms with Gasteiger partial charge in [-0.1, -0.05) is 6.08 Å². The summed E-state index contributed by atoms with van der Waals surface area (Å²) in [5, 5.41) is 7.83. The molecule has 8 heteroatoms. The van der Waals surface area contributed by atoms with Crippen molar-refractivity contribution in [3.05, 3.63) is 22.8 Å². The van der Waals surface area contributed by atoms with Crippen LogP contribution in [0.4, 0.5) is 0 Å². The van der Waals surface area contributed by atoms with Crippen LogP contribution in [0.15, 0.2) is 33.0 Å². The number of amidine groups is 1. The number of thioether (sulfide) groups is 1. The van der Waals surface area contributed by atoms with Crippen LogP contribution in [-0.4, -0.2) is 28.2 Å². The number of hydrogen-bond acceptors (Lipinski definition) is 5. The first kappa shape index (κ1) is 9.13. The second-order valence-corrected chi connectivity index (χ2v) is 5.36. The van der Waals surface area contributed by atoms with Gasteiger partial charge in [-0.2, -0.15) is 17.8 Å². The van der Waals surface area contributed by atoms with Gasteiger partial charge in [0.2, 0.25) is 5.17 Å². The van der Waals surface area contributed by atoms with E-state index in [-0.39, 0.29) is 5.17 Å². The van der Waals surface area contributed by atoms with Gasteiger partial charge in [0.1, 0.15) is 0 Å². The summed E-state index contributed by atoms with van der Waals surface area (Å²) in [4.78, 5) is 0.758. The zero-order chi connectivity index (χ0) is 10.6. The SMILES string of the molecule is O=S(=O)(O)N1C2=NN=C3CC=CC(=C31)S2. The molecule has 2 heterocycles. The minimum atomic E-state index is -4.29. The number of allylic oxidation sites excluding steroid dienone is 3. The van der Waals surface area contributed by atoms with Gasteiger partial charge in [-0.3, -0.25) is 4.55 Å². The molecule has 78 valence electrons. The first-order valence-electron chi connectivity index (χ1n) is 4.08. The number of rotatable bonds is 1. The molecule has 1 aliphatic carbocycles. The summed E-state index contributed by atoms with van der Waals surface area (Å²) >= 11 is 1.19. The van der Waals surface area contributed by atoms with E-state index in [1.807, 2.05) is 12.2 Å². The Morgan fingerprint density at radius 3 is 3.00 bits per heavy atom. The van der Waals surface area contributed by atoms with Crippen molar-refractivity contribution in [2.75, 3.05) is 0 Å². The maximum Gasteiger partial charge on any atom is 0.366 e. The zero-order valence-electron chi connectivity index (χ0n) is 7.28. The number of fused-ring (bicyclic) bond motifs is 1. The second kappa shape index (κ2) is 2.71. The highest BCUT2D eigenvalue weighted by Crippen LogP contribution is 2.42. The Balaban J connectivity index is 2.26. The Bertz CT molecular complexity index is 570. The summed E-state index contributed by atoms with van der Waals surface area (Å²) in [6, 6.07) is 0. The molecule has 15 heavy (non-hydrogen) atoms. The molecule has 2 aliphatic heterocycles. The first-order chi connectivity index (χ1) is 7.07. The van der Waals surface area contributed by atoms with Gasteiger partial charge in [-0.15, -0.1) is 5.10 Å². The largest absolute Gasteiger partial charge is 0.366 e. The summed E-state index contributed by atoms with van der Waals surface area (Å²) in [5.41, 5.74) is 1.01. The minimum absolute atomic E-state index is 0.179. The lowest BCUT2D eigenvalue weighted by Crippen LogP contribution is -2.36. The van der Waals surface area contributed by atoms with Crippen molar-refractivity contribution in [3.63, 3.8) is 0 Å². The summed E-state index contributed by atoms with van der Waals surface area (Å²) in [7, 11) is -4.29. The molecule has 3 aliphatic rings. The van der Waals surface area contributed by atoms with E-state index in [1.165, 1.54) is 11.8 Å². The third kappa shape index (κ3) is 1.18. The summed E-state index contributed by atoms with van der Waals surface area (Å²) < 4.78 is 32.2. The number of hydrogen-bond donors (Lipinski definition) is 1. The van der Waals surface area contributed by atoms with Crippen molar-refractivity contribution < 1.29 is 13.0 Å². The molecule has 1 N–H and O–H groups in total. The first-order valence-corrected chi connectivity index (χ1v) is 6.30. The van der Waals surface area contributed by atoms with Crippen molar-refractivity contribution >= 4 is 32.9 Å². The van der Waals surface area contributed by atoms with Crippen LogP contribution in [0.3, 0.4) is 0 Å². The fourth-order valence-electron chi connectivity index (χ4n) is 1.60. The van der Waals surface area contributed by atoms with Crippen LogP contribution >= 0.6 is 11.8 Å². The predicted molar refractivity (Wildman–Crippen MR) is 56.6 cm³/mol. The van der Waals surface area contributed by atoms with E-state index in [1.54, 1.807) is 0 Å². The van der Waals surface area contributed by atoms with Gasteiger partial charge in [0, 0.05) is 11.3 Å². The predicted octanol–water partition coefficient (Wildman–Crippen LogP) is 0.735. The van der Waals surface area contributed by atoms with Crippen LogP contribution < -0.4 is 0 Å². The molecule has 0 unspecified atom stereocenters. The fraction of sp³-hybridized carbons (Fsp3) is 0.143. The molecule has 6 nitrogen and oxygen atoms in total. The summed E-state index contributed by atoms with van der Waals surface area (Å²) in [6.45, 7) is 0. The van der Waals surface area contributed by atoms with Crippen LogP contribution in [0.5, 0.6) is 0 Å². The van der Waals surface area contributed by atoms with Crippen molar-refractivity contribution in [1.82, 2.24) is 4.31 Å². The lowest BCUT2D eigenvalue weighted by Gasteiger charge is -2.21. The van der Waals surface area contributed by atoms with Gasteiger partial charge in [0.15, 0.2) is 0 Å². The van der Waals surface area contributed by atoms with Crippen LogP contribution in [0, 0.1) is 0 Å². The lowest BCUT2D eigenvalue weighted by molar-refractivity contribution is 0.445. The Labute approximate surface area is 89.9 Å². The van der Waals surface area contributed by atoms with Crippen LogP contribution in [0.1, 0.15) is 6.42 Å². The van der Waals surface area contributed by atoms with E-state index in [4.69, 9.17) is 4.55 Å². The Morgan fingerprint density at radius 1 is 1.47 bits per heavy atom. The second-order valence-electron chi connectivity index (χ2n) is 3.09. The van der Waals surface area contributed by atoms with E-state index in [2.05, 4.69) is 10.2 Å². The lowest BCUT2D eigenvalue weighted by atomic mass is 10.1. The molecule has 0 amide bonds. The molecule has 0 fully saturated rings. The van der Waals surface area contributed by atoms with Crippen molar-refractivity contribution in [3.8, 4) is 0 Å². The van der Waals surface area contributed by atoms with E-state index < -0.39 is 10.3 Å². The van der Waals surface area contributed by atoms with Crippen LogP contribution in [-0.2, 0) is 10.3 Å². The van der Waals surface area contributed by atoms with Gasteiger partial charge in [-0.05, 0) is 17.8 Å². The average Bonchev–Trinajstić information content (AvgIpc) is 2.50. The van der Waals surface area contributed by atoms with Crippen molar-refractivity contribution in [1.29, 1.82) is 0 Å². The van der Waals surface area contributed by atoms with Crippen LogP contribution in [0.2, 0.25) is 0 Å². The molecular formula is C7H5N3O3S2. The molecule has 0 spiro atoms. The standard InChI is InChI=1S/C7H5N3O3S2/c11-15(12,13)10-6-4-2-1-3-5(6)14-7(10)9-8-4/h1,3H,2H2,(H,11,12,13). The van der Waals surface area contributed by atoms with Gasteiger partial charge >= 0.3 is 10.3 Å². The Morgan fingerprint density at radius 2 is 2.27 bits per heavy atom. The van der Waals surface area contributed by atoms with Gasteiger partial charge in [0.05, 0.1) is 11.4 Å². The van der Waals surface area contributed by atoms with Gasteiger partial charge < -0.3 is 0 Å². The fourth-order valence-corrected chi connectivity index (χ4v) is 3.64. The van der Waals surface area contributed by atoms with Gasteiger partial charge in [0.25, 0.3) is 0 Å². The normalized spacial score (nSPS) is 23.1. The van der Waals surface area contributed by atoms with Crippen molar-refractivity contribution in [2.45, 2.75) is 6.42 Å². The Hall–Kier alpha value is -1.12. The highest BCUT2D eigenvalue weighted by molar-refractivity contribution is 8.18. The van der Waals surface area contributed by atoms with Gasteiger partial charge in [-0.25, -0.2) is 0 Å². The molecule has 0 radical (unpaired) electrons. The highest BCUT2D eigenvalue weighted by atomic mass is 32.2. The topological polar surface area (TPSA) is 82.3 Å². The highest BCUT2D eigenvalue weighted by Gasteiger charge is 2.42. The van der Waals surface area contributed by atoms with E-state index >= 15 is 0 Å². The van der Waals surface area contributed by atoms with Crippen molar-refractivity contribution in [2.24, 2.45) is 10.2 Å². The molecule has 3 rings (SSSR count). The molecule has 0 atom stereocenters. The van der Waals surface area contributed by atoms with E-state index in [9.17, 15) is 8.42 Å². The minimum Gasteiger partial charge on any atom is -0.269 e. The molecular weight excluding hydrogens is 238 g/mol. The third-order valence-corrected chi connectivity index (χ3v) is 4.08. The van der Waals surface area contributed by atoms with E-state index in [0.29, 0.717) is 17.8 Å². The molecule has 0 aromatic heterocycles. The average molecular weight is 243 g/mol. The Kier molecular flexibility index (Phi) is 1.65. The molecule has 0 aromatic rings. The smallest absolute Gasteiger partial charge is 0.269 e. The number of nitrogens with zero attached hydrogens (tertiary/aromatic N) is 3.